The van der Waals surface area contributed by atoms with E-state index in [9.17, 15) is 15.0 Å². The Morgan fingerprint density at radius 3 is 2.12 bits per heavy atom. The summed E-state index contributed by atoms with van der Waals surface area (Å²) in [5, 5.41) is 20.4. The molecule has 25 heavy (non-hydrogen) atoms. The second kappa shape index (κ2) is 13.3. The second-order valence-corrected chi connectivity index (χ2v) is 7.43. The highest BCUT2D eigenvalue weighted by atomic mass is 16.4. The van der Waals surface area contributed by atoms with Crippen LogP contribution in [0, 0.1) is 0 Å². The first kappa shape index (κ1) is 22.1. The number of amidine groups is 1. The van der Waals surface area contributed by atoms with E-state index in [0.29, 0.717) is 24.1 Å². The van der Waals surface area contributed by atoms with E-state index in [-0.39, 0.29) is 13.2 Å². The number of aliphatic hydroxyl groups excluding tert-OH is 1. The first-order valence-corrected chi connectivity index (χ1v) is 10.4. The Hall–Kier alpha value is -0.940. The van der Waals surface area contributed by atoms with E-state index in [4.69, 9.17) is 0 Å². The summed E-state index contributed by atoms with van der Waals surface area (Å²) in [6, 6.07) is 0. The molecule has 0 fully saturated rings. The van der Waals surface area contributed by atoms with Gasteiger partial charge in [0.1, 0.15) is 19.6 Å². The highest BCUT2D eigenvalue weighted by Crippen LogP contribution is 2.20. The van der Waals surface area contributed by atoms with Crippen LogP contribution in [0.3, 0.4) is 0 Å². The van der Waals surface area contributed by atoms with E-state index in [2.05, 4.69) is 11.9 Å². The van der Waals surface area contributed by atoms with Crippen LogP contribution in [0.5, 0.6) is 0 Å². The lowest BCUT2D eigenvalue weighted by atomic mass is 10.0. The van der Waals surface area contributed by atoms with Crippen LogP contribution in [-0.4, -0.2) is 54.2 Å². The van der Waals surface area contributed by atoms with Crippen LogP contribution in [0.1, 0.15) is 84.0 Å². The minimum Gasteiger partial charge on any atom is -0.544 e. The lowest BCUT2D eigenvalue weighted by Gasteiger charge is -2.34. The van der Waals surface area contributed by atoms with Gasteiger partial charge >= 0.3 is 0 Å². The zero-order valence-electron chi connectivity index (χ0n) is 16.2. The fourth-order valence-electron chi connectivity index (χ4n) is 3.84. The van der Waals surface area contributed by atoms with Crippen LogP contribution >= 0.6 is 0 Å². The largest absolute Gasteiger partial charge is 0.544 e. The van der Waals surface area contributed by atoms with Crippen molar-refractivity contribution in [1.82, 2.24) is 0 Å². The average Bonchev–Trinajstić information content (AvgIpc) is 2.94. The zero-order valence-corrected chi connectivity index (χ0v) is 16.2. The molecule has 5 nitrogen and oxygen atoms in total. The van der Waals surface area contributed by atoms with E-state index in [1.165, 1.54) is 64.2 Å². The molecule has 1 unspecified atom stereocenters. The number of carboxylic acid groups (broad SMARTS) is 1. The molecular formula is C20H38N2O3. The van der Waals surface area contributed by atoms with E-state index in [1.54, 1.807) is 0 Å². The minimum atomic E-state index is -1.05. The van der Waals surface area contributed by atoms with Crippen molar-refractivity contribution in [1.29, 1.82) is 0 Å². The molecule has 0 bridgehead atoms. The Morgan fingerprint density at radius 1 is 1.04 bits per heavy atom. The van der Waals surface area contributed by atoms with Crippen LogP contribution in [0.15, 0.2) is 4.99 Å². The molecule has 1 atom stereocenters. The maximum absolute atomic E-state index is 11.1. The highest BCUT2D eigenvalue weighted by Gasteiger charge is 2.37. The number of nitrogens with zero attached hydrogens (tertiary/aromatic N) is 2. The molecule has 1 N–H and O–H groups in total. The molecule has 1 aliphatic rings. The van der Waals surface area contributed by atoms with Crippen LogP contribution in [0.2, 0.25) is 0 Å². The maximum atomic E-state index is 11.1. The van der Waals surface area contributed by atoms with Gasteiger partial charge in [0, 0.05) is 6.42 Å². The number of aliphatic imine (C=N–C) groups is 1. The van der Waals surface area contributed by atoms with Gasteiger partial charge in [-0.05, 0) is 6.42 Å². The highest BCUT2D eigenvalue weighted by molar-refractivity contribution is 5.79. The molecule has 0 amide bonds. The monoisotopic (exact) mass is 354 g/mol. The van der Waals surface area contributed by atoms with Crippen molar-refractivity contribution >= 4 is 11.8 Å². The predicted octanol–water partition coefficient (Wildman–Crippen LogP) is 2.66. The van der Waals surface area contributed by atoms with Crippen molar-refractivity contribution in [3.8, 4) is 0 Å². The first-order valence-electron chi connectivity index (χ1n) is 10.4. The van der Waals surface area contributed by atoms with Crippen molar-refractivity contribution < 1.29 is 19.5 Å². The number of aliphatic hydroxyl groups is 1. The molecule has 0 aliphatic carbocycles. The second-order valence-electron chi connectivity index (χ2n) is 7.43. The molecule has 1 aliphatic heterocycles. The van der Waals surface area contributed by atoms with Crippen molar-refractivity contribution in [2.45, 2.75) is 84.0 Å². The Labute approximate surface area is 153 Å². The smallest absolute Gasteiger partial charge is 0.198 e. The van der Waals surface area contributed by atoms with E-state index in [0.717, 1.165) is 18.7 Å². The fourth-order valence-corrected chi connectivity index (χ4v) is 3.84. The molecule has 0 aromatic heterocycles. The number of quaternary nitrogens is 1. The summed E-state index contributed by atoms with van der Waals surface area (Å²) < 4.78 is 0.302. The van der Waals surface area contributed by atoms with Crippen molar-refractivity contribution in [2.75, 3.05) is 32.8 Å². The minimum absolute atomic E-state index is 0.00937. The third kappa shape index (κ3) is 8.82. The molecule has 0 aromatic rings. The van der Waals surface area contributed by atoms with Gasteiger partial charge in [-0.25, -0.2) is 4.99 Å². The zero-order chi connectivity index (χ0) is 18.4. The number of unbranched alkanes of at least 4 members (excludes halogenated alkanes) is 10. The van der Waals surface area contributed by atoms with Crippen molar-refractivity contribution in [3.05, 3.63) is 0 Å². The Kier molecular flexibility index (Phi) is 11.7. The molecule has 1 rings (SSSR count). The van der Waals surface area contributed by atoms with Crippen molar-refractivity contribution in [3.63, 3.8) is 0 Å². The summed E-state index contributed by atoms with van der Waals surface area (Å²) in [6.45, 7) is 3.97. The number of rotatable bonds is 16. The molecule has 0 aromatic carbocycles. The predicted molar refractivity (Wildman–Crippen MR) is 100 cm³/mol. The van der Waals surface area contributed by atoms with Crippen LogP contribution in [0.4, 0.5) is 0 Å². The van der Waals surface area contributed by atoms with Gasteiger partial charge in [0.05, 0.1) is 19.1 Å². The number of carbonyl (C=O) groups excluding carboxylic acids is 1. The summed E-state index contributed by atoms with van der Waals surface area (Å²) in [7, 11) is 0. The van der Waals surface area contributed by atoms with Crippen molar-refractivity contribution in [2.24, 2.45) is 4.99 Å². The van der Waals surface area contributed by atoms with Gasteiger partial charge in [-0.15, -0.1) is 0 Å². The third-order valence-corrected chi connectivity index (χ3v) is 5.33. The summed E-state index contributed by atoms with van der Waals surface area (Å²) in [6.07, 6.45) is 15.2. The average molecular weight is 355 g/mol. The van der Waals surface area contributed by atoms with E-state index < -0.39 is 5.97 Å². The SMILES string of the molecule is CCCCCCCCCCCCCC1=NCC[N+]1(CCO)CC(=O)[O-]. The van der Waals surface area contributed by atoms with Crippen LogP contribution in [-0.2, 0) is 4.79 Å². The van der Waals surface area contributed by atoms with Crippen LogP contribution in [0.25, 0.3) is 0 Å². The summed E-state index contributed by atoms with van der Waals surface area (Å²) in [5.74, 6) is -0.101. The first-order chi connectivity index (χ1) is 12.1. The standard InChI is InChI=1S/C20H38N2O3/c1-2-3-4-5-6-7-8-9-10-11-12-13-19-21-14-15-22(19,16-17-23)18-20(24)25/h23H,2-18H2,1H3. The molecule has 5 heteroatoms. The van der Waals surface area contributed by atoms with Gasteiger partial charge in [-0.3, -0.25) is 4.48 Å². The summed E-state index contributed by atoms with van der Waals surface area (Å²) in [5.41, 5.74) is 0. The van der Waals surface area contributed by atoms with Gasteiger partial charge in [0.15, 0.2) is 5.84 Å². The van der Waals surface area contributed by atoms with Gasteiger partial charge in [-0.2, -0.15) is 0 Å². The fraction of sp³-hybridized carbons (Fsp3) is 0.900. The van der Waals surface area contributed by atoms with Gasteiger partial charge in [-0.1, -0.05) is 71.1 Å². The summed E-state index contributed by atoms with van der Waals surface area (Å²) in [4.78, 5) is 15.6. The lowest BCUT2D eigenvalue weighted by Crippen LogP contribution is -2.57. The number of carboxylic acids is 1. The maximum Gasteiger partial charge on any atom is 0.198 e. The lowest BCUT2D eigenvalue weighted by molar-refractivity contribution is -0.831. The molecule has 0 radical (unpaired) electrons. The number of carbonyl (C=O) groups is 1. The number of hydrogen-bond acceptors (Lipinski definition) is 4. The Balaban J connectivity index is 2.13. The van der Waals surface area contributed by atoms with Gasteiger partial charge < -0.3 is 15.0 Å². The van der Waals surface area contributed by atoms with Gasteiger partial charge in [0.2, 0.25) is 0 Å². The molecule has 0 spiro atoms. The van der Waals surface area contributed by atoms with Gasteiger partial charge in [0.25, 0.3) is 0 Å². The van der Waals surface area contributed by atoms with E-state index >= 15 is 0 Å². The number of hydrogen-bond donors (Lipinski definition) is 1. The Bertz CT molecular complexity index is 398. The topological polar surface area (TPSA) is 72.7 Å². The Morgan fingerprint density at radius 2 is 1.60 bits per heavy atom. The number of aliphatic carboxylic acids is 1. The quantitative estimate of drug-likeness (QED) is 0.342. The molecule has 146 valence electrons. The molecular weight excluding hydrogens is 316 g/mol. The molecule has 0 saturated heterocycles. The van der Waals surface area contributed by atoms with E-state index in [1.807, 2.05) is 0 Å². The summed E-state index contributed by atoms with van der Waals surface area (Å²) >= 11 is 0. The molecule has 1 heterocycles. The van der Waals surface area contributed by atoms with Crippen LogP contribution < -0.4 is 5.11 Å². The molecule has 0 saturated carbocycles. The normalized spacial score (nSPS) is 20.0. The third-order valence-electron chi connectivity index (χ3n) is 5.33.